The third-order valence-electron chi connectivity index (χ3n) is 2.93. The molecule has 2 rings (SSSR count). The summed E-state index contributed by atoms with van der Waals surface area (Å²) in [6.45, 7) is 2.40. The number of rotatable bonds is 5. The zero-order valence-corrected chi connectivity index (χ0v) is 10.3. The predicted octanol–water partition coefficient (Wildman–Crippen LogP) is -0.112. The second-order valence-corrected chi connectivity index (χ2v) is 5.86. The van der Waals surface area contributed by atoms with Gasteiger partial charge in [0.05, 0.1) is 18.5 Å². The van der Waals surface area contributed by atoms with Gasteiger partial charge in [0.1, 0.15) is 12.2 Å². The van der Waals surface area contributed by atoms with Gasteiger partial charge in [0.15, 0.2) is 6.10 Å². The molecule has 2 heterocycles. The fraction of sp³-hybridized carbons (Fsp3) is 1.00. The van der Waals surface area contributed by atoms with Gasteiger partial charge in [-0.05, 0) is 6.42 Å². The van der Waals surface area contributed by atoms with Crippen LogP contribution in [0.1, 0.15) is 13.3 Å². The Balaban J connectivity index is 1.97. The maximum Gasteiger partial charge on any atom is 0.294 e. The van der Waals surface area contributed by atoms with Crippen molar-refractivity contribution in [3.05, 3.63) is 10.1 Å². The summed E-state index contributed by atoms with van der Waals surface area (Å²) in [5, 5.41) is 9.24. The Labute approximate surface area is 101 Å². The monoisotopic (exact) mass is 265 g/mol. The SMILES string of the molecule is CCCS(=O)[C@H]1COC2C1OC[C@H]2O[N+](=O)[O-]. The maximum absolute atomic E-state index is 11.9. The van der Waals surface area contributed by atoms with Crippen molar-refractivity contribution in [2.75, 3.05) is 19.0 Å². The topological polar surface area (TPSA) is 87.9 Å². The fourth-order valence-corrected chi connectivity index (χ4v) is 3.68. The van der Waals surface area contributed by atoms with Gasteiger partial charge in [-0.1, -0.05) is 6.92 Å². The van der Waals surface area contributed by atoms with Crippen LogP contribution in [0.25, 0.3) is 0 Å². The van der Waals surface area contributed by atoms with Crippen LogP contribution in [0.4, 0.5) is 0 Å². The predicted molar refractivity (Wildman–Crippen MR) is 58.4 cm³/mol. The Kier molecular flexibility index (Phi) is 3.95. The first kappa shape index (κ1) is 12.7. The van der Waals surface area contributed by atoms with E-state index >= 15 is 0 Å². The van der Waals surface area contributed by atoms with Crippen LogP contribution < -0.4 is 0 Å². The molecule has 0 N–H and O–H groups in total. The van der Waals surface area contributed by atoms with E-state index in [4.69, 9.17) is 9.47 Å². The van der Waals surface area contributed by atoms with Gasteiger partial charge in [0, 0.05) is 16.6 Å². The van der Waals surface area contributed by atoms with E-state index in [9.17, 15) is 14.3 Å². The number of hydrogen-bond donors (Lipinski definition) is 0. The number of nitrogens with zero attached hydrogens (tertiary/aromatic N) is 1. The quantitative estimate of drug-likeness (QED) is 0.509. The number of fused-ring (bicyclic) bond motifs is 1. The van der Waals surface area contributed by atoms with Crippen molar-refractivity contribution in [1.29, 1.82) is 0 Å². The third kappa shape index (κ3) is 2.58. The molecule has 8 heteroatoms. The second kappa shape index (κ2) is 5.28. The summed E-state index contributed by atoms with van der Waals surface area (Å²) in [7, 11) is -1.01. The van der Waals surface area contributed by atoms with E-state index in [2.05, 4.69) is 4.84 Å². The average molecular weight is 265 g/mol. The molecule has 0 bridgehead atoms. The van der Waals surface area contributed by atoms with Crippen molar-refractivity contribution < 1.29 is 23.6 Å². The van der Waals surface area contributed by atoms with E-state index in [1.807, 2.05) is 6.92 Å². The summed E-state index contributed by atoms with van der Waals surface area (Å²) in [6.07, 6.45) is -0.674. The van der Waals surface area contributed by atoms with Gasteiger partial charge in [-0.2, -0.15) is 0 Å². The molecule has 0 spiro atoms. The molecule has 0 aromatic heterocycles. The van der Waals surface area contributed by atoms with Crippen molar-refractivity contribution >= 4 is 10.8 Å². The van der Waals surface area contributed by atoms with Crippen LogP contribution in [0.5, 0.6) is 0 Å². The Bertz CT molecular complexity index is 325. The summed E-state index contributed by atoms with van der Waals surface area (Å²) in [5.74, 6) is 0.599. The van der Waals surface area contributed by atoms with Gasteiger partial charge < -0.3 is 14.3 Å². The standard InChI is InChI=1S/C9H15NO6S/c1-2-3-17(13)7-5-15-8-6(16-10(11)12)4-14-9(7)8/h6-9H,2-5H2,1H3/t6-,7+,8?,9?,17?/m1/s1. The van der Waals surface area contributed by atoms with Crippen molar-refractivity contribution in [3.8, 4) is 0 Å². The summed E-state index contributed by atoms with van der Waals surface area (Å²) in [6, 6.07) is 0. The average Bonchev–Trinajstić information content (AvgIpc) is 2.80. The Morgan fingerprint density at radius 1 is 1.41 bits per heavy atom. The molecule has 17 heavy (non-hydrogen) atoms. The molecule has 0 aromatic carbocycles. The highest BCUT2D eigenvalue weighted by Gasteiger charge is 2.51. The molecule has 3 unspecified atom stereocenters. The zero-order valence-electron chi connectivity index (χ0n) is 9.44. The molecule has 0 aromatic rings. The minimum absolute atomic E-state index is 0.121. The van der Waals surface area contributed by atoms with E-state index in [-0.39, 0.29) is 18.0 Å². The van der Waals surface area contributed by atoms with E-state index in [1.54, 1.807) is 0 Å². The van der Waals surface area contributed by atoms with Crippen molar-refractivity contribution in [2.24, 2.45) is 0 Å². The van der Waals surface area contributed by atoms with Gasteiger partial charge in [0.25, 0.3) is 5.09 Å². The lowest BCUT2D eigenvalue weighted by atomic mass is 10.1. The molecule has 0 amide bonds. The van der Waals surface area contributed by atoms with Gasteiger partial charge >= 0.3 is 0 Å². The minimum atomic E-state index is -1.01. The highest BCUT2D eigenvalue weighted by atomic mass is 32.2. The van der Waals surface area contributed by atoms with Crippen LogP contribution in [0.2, 0.25) is 0 Å². The van der Waals surface area contributed by atoms with Crippen molar-refractivity contribution in [1.82, 2.24) is 0 Å². The molecular weight excluding hydrogens is 250 g/mol. The highest BCUT2D eigenvalue weighted by molar-refractivity contribution is 7.85. The van der Waals surface area contributed by atoms with Crippen molar-refractivity contribution in [2.45, 2.75) is 36.9 Å². The molecule has 0 saturated carbocycles. The summed E-state index contributed by atoms with van der Waals surface area (Å²) >= 11 is 0. The number of hydrogen-bond acceptors (Lipinski definition) is 6. The zero-order chi connectivity index (χ0) is 12.4. The first-order chi connectivity index (χ1) is 8.13. The first-order valence-corrected chi connectivity index (χ1v) is 6.93. The van der Waals surface area contributed by atoms with E-state index in [0.717, 1.165) is 6.42 Å². The number of ether oxygens (including phenoxy) is 2. The third-order valence-corrected chi connectivity index (χ3v) is 4.82. The van der Waals surface area contributed by atoms with Crippen LogP contribution in [-0.4, -0.2) is 51.8 Å². The van der Waals surface area contributed by atoms with E-state index in [1.165, 1.54) is 0 Å². The van der Waals surface area contributed by atoms with Gasteiger partial charge in [-0.15, -0.1) is 10.1 Å². The Morgan fingerprint density at radius 2 is 2.12 bits per heavy atom. The first-order valence-electron chi connectivity index (χ1n) is 5.55. The second-order valence-electron chi connectivity index (χ2n) is 4.09. The van der Waals surface area contributed by atoms with E-state index < -0.39 is 28.1 Å². The van der Waals surface area contributed by atoms with Crippen LogP contribution in [0, 0.1) is 10.1 Å². The van der Waals surface area contributed by atoms with Crippen LogP contribution in [0.15, 0.2) is 0 Å². The minimum Gasteiger partial charge on any atom is -0.372 e. The fourth-order valence-electron chi connectivity index (χ4n) is 2.21. The molecule has 2 fully saturated rings. The highest BCUT2D eigenvalue weighted by Crippen LogP contribution is 2.31. The smallest absolute Gasteiger partial charge is 0.294 e. The van der Waals surface area contributed by atoms with Gasteiger partial charge in [-0.25, -0.2) is 0 Å². The van der Waals surface area contributed by atoms with Gasteiger partial charge in [0.2, 0.25) is 0 Å². The maximum atomic E-state index is 11.9. The largest absolute Gasteiger partial charge is 0.372 e. The van der Waals surface area contributed by atoms with Gasteiger partial charge in [-0.3, -0.25) is 4.21 Å². The lowest BCUT2D eigenvalue weighted by Crippen LogP contribution is -2.36. The van der Waals surface area contributed by atoms with Crippen LogP contribution >= 0.6 is 0 Å². The lowest BCUT2D eigenvalue weighted by Gasteiger charge is -2.15. The molecule has 0 radical (unpaired) electrons. The summed E-state index contributed by atoms with van der Waals surface area (Å²) < 4.78 is 22.7. The summed E-state index contributed by atoms with van der Waals surface area (Å²) in [5.41, 5.74) is 0. The van der Waals surface area contributed by atoms with Crippen molar-refractivity contribution in [3.63, 3.8) is 0 Å². The molecule has 2 saturated heterocycles. The Morgan fingerprint density at radius 3 is 2.76 bits per heavy atom. The summed E-state index contributed by atoms with van der Waals surface area (Å²) in [4.78, 5) is 14.8. The molecule has 0 aliphatic carbocycles. The molecule has 7 nitrogen and oxygen atoms in total. The van der Waals surface area contributed by atoms with Crippen LogP contribution in [0.3, 0.4) is 0 Å². The van der Waals surface area contributed by atoms with E-state index in [0.29, 0.717) is 12.4 Å². The lowest BCUT2D eigenvalue weighted by molar-refractivity contribution is -0.769. The van der Waals surface area contributed by atoms with Crippen LogP contribution in [-0.2, 0) is 25.1 Å². The Hall–Kier alpha value is -0.730. The molecule has 2 aliphatic rings. The molecule has 98 valence electrons. The molecule has 2 aliphatic heterocycles. The normalized spacial score (nSPS) is 37.7. The molecule has 5 atom stereocenters. The molecular formula is C9H15NO6S.